The molecule has 1 atom stereocenters. The van der Waals surface area contributed by atoms with Crippen LogP contribution in [-0.4, -0.2) is 27.2 Å². The third-order valence-corrected chi connectivity index (χ3v) is 2.94. The molecular formula is C6H8BrN3O2S. The molecule has 7 heteroatoms. The summed E-state index contributed by atoms with van der Waals surface area (Å²) in [5, 5.41) is 12.4. The van der Waals surface area contributed by atoms with Gasteiger partial charge in [0.2, 0.25) is 0 Å². The van der Waals surface area contributed by atoms with Gasteiger partial charge in [-0.05, 0) is 27.5 Å². The summed E-state index contributed by atoms with van der Waals surface area (Å²) in [5.74, 6) is -1.14. The fraction of sp³-hybridized carbons (Fsp3) is 0.500. The Hall–Kier alpha value is -0.530. The van der Waals surface area contributed by atoms with Gasteiger partial charge in [-0.1, -0.05) is 4.49 Å². The van der Waals surface area contributed by atoms with E-state index in [0.29, 0.717) is 5.69 Å². The van der Waals surface area contributed by atoms with Crippen molar-refractivity contribution in [1.29, 1.82) is 0 Å². The van der Waals surface area contributed by atoms with Gasteiger partial charge in [-0.2, -0.15) is 0 Å². The van der Waals surface area contributed by atoms with Crippen molar-refractivity contribution in [1.82, 2.24) is 9.59 Å². The lowest BCUT2D eigenvalue weighted by molar-refractivity contribution is -0.137. The molecule has 0 fully saturated rings. The molecule has 0 spiro atoms. The number of halogens is 1. The average molecular weight is 266 g/mol. The molecule has 0 amide bonds. The van der Waals surface area contributed by atoms with Gasteiger partial charge in [0, 0.05) is 12.5 Å². The van der Waals surface area contributed by atoms with Crippen molar-refractivity contribution in [2.45, 2.75) is 12.3 Å². The van der Waals surface area contributed by atoms with E-state index in [9.17, 15) is 4.79 Å². The number of hydrogen-bond donors (Lipinski definition) is 2. The predicted octanol–water partition coefficient (Wildman–Crippen LogP) is 0.818. The van der Waals surface area contributed by atoms with Crippen molar-refractivity contribution >= 4 is 33.4 Å². The van der Waals surface area contributed by atoms with Crippen LogP contribution in [0.2, 0.25) is 0 Å². The first-order valence-electron chi connectivity index (χ1n) is 3.54. The fourth-order valence-corrected chi connectivity index (χ4v) is 2.03. The Balaban J connectivity index is 2.78. The van der Waals surface area contributed by atoms with Crippen LogP contribution in [0.5, 0.6) is 0 Å². The summed E-state index contributed by atoms with van der Waals surface area (Å²) in [6.45, 7) is 0.260. The highest BCUT2D eigenvalue weighted by Gasteiger charge is 2.19. The first-order chi connectivity index (χ1) is 6.15. The molecule has 0 saturated heterocycles. The van der Waals surface area contributed by atoms with Gasteiger partial charge in [-0.15, -0.1) is 5.10 Å². The van der Waals surface area contributed by atoms with E-state index in [2.05, 4.69) is 25.5 Å². The average Bonchev–Trinajstić information content (AvgIpc) is 2.47. The van der Waals surface area contributed by atoms with Gasteiger partial charge in [0.25, 0.3) is 0 Å². The van der Waals surface area contributed by atoms with Gasteiger partial charge >= 0.3 is 5.97 Å². The van der Waals surface area contributed by atoms with Crippen molar-refractivity contribution in [2.24, 2.45) is 5.73 Å². The van der Waals surface area contributed by atoms with E-state index >= 15 is 0 Å². The quantitative estimate of drug-likeness (QED) is 0.842. The van der Waals surface area contributed by atoms with Crippen molar-refractivity contribution in [2.75, 3.05) is 6.54 Å². The zero-order chi connectivity index (χ0) is 9.84. The van der Waals surface area contributed by atoms with Gasteiger partial charge in [-0.25, -0.2) is 0 Å². The molecule has 1 unspecified atom stereocenters. The highest BCUT2D eigenvalue weighted by Crippen LogP contribution is 2.27. The number of rotatable bonds is 4. The Kier molecular flexibility index (Phi) is 3.76. The third-order valence-electron chi connectivity index (χ3n) is 1.56. The summed E-state index contributed by atoms with van der Waals surface area (Å²) < 4.78 is 4.45. The maximum absolute atomic E-state index is 10.5. The van der Waals surface area contributed by atoms with Gasteiger partial charge in [0.15, 0.2) is 0 Å². The van der Waals surface area contributed by atoms with Gasteiger partial charge < -0.3 is 10.8 Å². The molecule has 0 aliphatic carbocycles. The Labute approximate surface area is 87.2 Å². The summed E-state index contributed by atoms with van der Waals surface area (Å²) in [4.78, 5) is 10.5. The summed E-state index contributed by atoms with van der Waals surface area (Å²) in [6, 6.07) is 0. The van der Waals surface area contributed by atoms with Gasteiger partial charge in [0.1, 0.15) is 3.79 Å². The lowest BCUT2D eigenvalue weighted by Crippen LogP contribution is -2.17. The molecule has 3 N–H and O–H groups in total. The Morgan fingerprint density at radius 2 is 2.46 bits per heavy atom. The number of carboxylic acids is 1. The van der Waals surface area contributed by atoms with E-state index in [1.54, 1.807) is 0 Å². The van der Waals surface area contributed by atoms with E-state index < -0.39 is 5.97 Å². The molecule has 13 heavy (non-hydrogen) atoms. The van der Waals surface area contributed by atoms with Crippen LogP contribution in [0.25, 0.3) is 0 Å². The van der Waals surface area contributed by atoms with Crippen LogP contribution in [0.15, 0.2) is 3.79 Å². The second-order valence-electron chi connectivity index (χ2n) is 2.46. The number of hydrogen-bond acceptors (Lipinski definition) is 5. The Morgan fingerprint density at radius 3 is 2.85 bits per heavy atom. The molecule has 0 saturated carbocycles. The normalized spacial score (nSPS) is 12.8. The van der Waals surface area contributed by atoms with Crippen LogP contribution in [0.3, 0.4) is 0 Å². The van der Waals surface area contributed by atoms with Crippen LogP contribution in [0.1, 0.15) is 18.0 Å². The maximum atomic E-state index is 10.5. The lowest BCUT2D eigenvalue weighted by atomic mass is 10.0. The van der Waals surface area contributed by atoms with Crippen molar-refractivity contribution in [3.63, 3.8) is 0 Å². The maximum Gasteiger partial charge on any atom is 0.304 e. The monoisotopic (exact) mass is 265 g/mol. The fourth-order valence-electron chi connectivity index (χ4n) is 0.931. The number of aromatic nitrogens is 2. The minimum Gasteiger partial charge on any atom is -0.481 e. The minimum atomic E-state index is -0.879. The first-order valence-corrected chi connectivity index (χ1v) is 5.11. The molecule has 1 aromatic rings. The molecule has 1 rings (SSSR count). The molecule has 0 aromatic carbocycles. The van der Waals surface area contributed by atoms with Crippen molar-refractivity contribution in [3.8, 4) is 0 Å². The summed E-state index contributed by atoms with van der Waals surface area (Å²) in [6.07, 6.45) is -0.0134. The summed E-state index contributed by atoms with van der Waals surface area (Å²) in [7, 11) is 0. The first kappa shape index (κ1) is 10.6. The minimum absolute atomic E-state index is 0.0134. The molecule has 72 valence electrons. The van der Waals surface area contributed by atoms with Crippen LogP contribution in [-0.2, 0) is 4.79 Å². The Bertz CT molecular complexity index is 304. The molecule has 0 radical (unpaired) electrons. The highest BCUT2D eigenvalue weighted by molar-refractivity contribution is 9.11. The van der Waals surface area contributed by atoms with E-state index in [4.69, 9.17) is 10.8 Å². The number of carboxylic acid groups (broad SMARTS) is 1. The summed E-state index contributed by atoms with van der Waals surface area (Å²) in [5.41, 5.74) is 6.07. The number of carbonyl (C=O) groups is 1. The van der Waals surface area contributed by atoms with Crippen LogP contribution in [0.4, 0.5) is 0 Å². The molecular weight excluding hydrogens is 258 g/mol. The van der Waals surface area contributed by atoms with Crippen molar-refractivity contribution < 1.29 is 9.90 Å². The van der Waals surface area contributed by atoms with Crippen LogP contribution >= 0.6 is 27.5 Å². The van der Waals surface area contributed by atoms with Gasteiger partial charge in [-0.3, -0.25) is 4.79 Å². The SMILES string of the molecule is NCC(CC(=O)O)c1nnsc1Br. The van der Waals surface area contributed by atoms with Crippen LogP contribution in [0, 0.1) is 0 Å². The summed E-state index contributed by atoms with van der Waals surface area (Å²) >= 11 is 4.42. The molecule has 0 aliphatic heterocycles. The zero-order valence-corrected chi connectivity index (χ0v) is 9.01. The smallest absolute Gasteiger partial charge is 0.304 e. The van der Waals surface area contributed by atoms with Gasteiger partial charge in [0.05, 0.1) is 12.1 Å². The molecule has 0 aliphatic rings. The standard InChI is InChI=1S/C6H8BrN3O2S/c7-6-5(9-10-13-6)3(2-8)1-4(11)12/h3H,1-2,8H2,(H,11,12). The molecule has 1 aromatic heterocycles. The second-order valence-corrected chi connectivity index (χ2v) is 4.53. The topological polar surface area (TPSA) is 89.1 Å². The predicted molar refractivity (Wildman–Crippen MR) is 51.7 cm³/mol. The van der Waals surface area contributed by atoms with E-state index in [1.165, 1.54) is 11.5 Å². The molecule has 0 bridgehead atoms. The van der Waals surface area contributed by atoms with Crippen LogP contribution < -0.4 is 5.73 Å². The number of nitrogens with zero attached hydrogens (tertiary/aromatic N) is 2. The largest absolute Gasteiger partial charge is 0.481 e. The van der Waals surface area contributed by atoms with E-state index in [-0.39, 0.29) is 18.9 Å². The zero-order valence-electron chi connectivity index (χ0n) is 6.61. The Morgan fingerprint density at radius 1 is 1.77 bits per heavy atom. The van der Waals surface area contributed by atoms with Crippen molar-refractivity contribution in [3.05, 3.63) is 9.48 Å². The number of nitrogens with two attached hydrogens (primary N) is 1. The third kappa shape index (κ3) is 2.71. The van der Waals surface area contributed by atoms with E-state index in [0.717, 1.165) is 3.79 Å². The second kappa shape index (κ2) is 4.64. The van der Waals surface area contributed by atoms with E-state index in [1.807, 2.05) is 0 Å². The molecule has 1 heterocycles. The molecule has 5 nitrogen and oxygen atoms in total. The highest BCUT2D eigenvalue weighted by atomic mass is 79.9. The number of aliphatic carboxylic acids is 1. The lowest BCUT2D eigenvalue weighted by Gasteiger charge is -2.08.